The topological polar surface area (TPSA) is 76.7 Å². The number of rotatable bonds is 3. The number of nitrogens with zero attached hydrogens (tertiary/aromatic N) is 3. The molecule has 0 radical (unpaired) electrons. The quantitative estimate of drug-likeness (QED) is 0.937. The van der Waals surface area contributed by atoms with Gasteiger partial charge in [0.1, 0.15) is 0 Å². The number of oxime groups is 1. The van der Waals surface area contributed by atoms with Gasteiger partial charge in [-0.1, -0.05) is 30.1 Å². The van der Waals surface area contributed by atoms with Crippen LogP contribution in [0.15, 0.2) is 23.4 Å². The van der Waals surface area contributed by atoms with Crippen molar-refractivity contribution < 1.29 is 14.7 Å². The Balaban J connectivity index is 1.73. The molecule has 0 bridgehead atoms. The minimum atomic E-state index is -1.27. The number of carboxylic acids is 1. The number of benzene rings is 1. The van der Waals surface area contributed by atoms with E-state index in [-0.39, 0.29) is 6.42 Å². The average Bonchev–Trinajstić information content (AvgIpc) is 3.27. The molecule has 1 aromatic heterocycles. The summed E-state index contributed by atoms with van der Waals surface area (Å²) in [7, 11) is 0. The molecule has 0 amide bonds. The molecular weight excluding hydrogens is 306 g/mol. The SMILES string of the molecule is Cc1nn(C2CCCC2)c2cc(C3=NOC(C)(C(=O)O)C3)ccc12. The number of carbonyl (C=O) groups is 1. The summed E-state index contributed by atoms with van der Waals surface area (Å²) in [6.07, 6.45) is 5.11. The number of carboxylic acid groups (broad SMARTS) is 1. The monoisotopic (exact) mass is 327 g/mol. The van der Waals surface area contributed by atoms with E-state index in [0.717, 1.165) is 22.2 Å². The fourth-order valence-electron chi connectivity index (χ4n) is 3.71. The Kier molecular flexibility index (Phi) is 3.37. The molecule has 1 N–H and O–H groups in total. The fraction of sp³-hybridized carbons (Fsp3) is 0.500. The lowest BCUT2D eigenvalue weighted by atomic mass is 9.95. The van der Waals surface area contributed by atoms with E-state index in [1.54, 1.807) is 6.92 Å². The maximum Gasteiger partial charge on any atom is 0.351 e. The molecule has 2 heterocycles. The second-order valence-electron chi connectivity index (χ2n) is 7.04. The van der Waals surface area contributed by atoms with Gasteiger partial charge in [-0.25, -0.2) is 4.79 Å². The minimum absolute atomic E-state index is 0.268. The van der Waals surface area contributed by atoms with Gasteiger partial charge in [0, 0.05) is 17.4 Å². The van der Waals surface area contributed by atoms with E-state index in [4.69, 9.17) is 9.94 Å². The van der Waals surface area contributed by atoms with Gasteiger partial charge in [-0.05, 0) is 32.8 Å². The molecule has 6 heteroatoms. The standard InChI is InChI=1S/C18H21N3O3/c1-11-14-8-7-12(15-10-18(2,17(22)23)24-20-15)9-16(14)21(19-11)13-5-3-4-6-13/h7-9,13H,3-6,10H2,1-2H3,(H,22,23). The number of aryl methyl sites for hydroxylation is 1. The first-order valence-corrected chi connectivity index (χ1v) is 8.46. The highest BCUT2D eigenvalue weighted by Crippen LogP contribution is 2.34. The Hall–Kier alpha value is -2.37. The Morgan fingerprint density at radius 3 is 2.79 bits per heavy atom. The molecular formula is C18H21N3O3. The molecule has 1 saturated carbocycles. The van der Waals surface area contributed by atoms with Crippen LogP contribution in [0.3, 0.4) is 0 Å². The van der Waals surface area contributed by atoms with Crippen LogP contribution in [-0.2, 0) is 9.63 Å². The van der Waals surface area contributed by atoms with Crippen LogP contribution in [0.5, 0.6) is 0 Å². The molecule has 24 heavy (non-hydrogen) atoms. The van der Waals surface area contributed by atoms with E-state index in [1.165, 1.54) is 25.7 Å². The Bertz CT molecular complexity index is 849. The molecule has 1 fully saturated rings. The van der Waals surface area contributed by atoms with Crippen LogP contribution in [0.4, 0.5) is 0 Å². The third-order valence-electron chi connectivity index (χ3n) is 5.21. The van der Waals surface area contributed by atoms with Gasteiger partial charge in [-0.3, -0.25) is 4.68 Å². The molecule has 1 aliphatic carbocycles. The van der Waals surface area contributed by atoms with Crippen LogP contribution in [-0.4, -0.2) is 32.2 Å². The summed E-state index contributed by atoms with van der Waals surface area (Å²) in [4.78, 5) is 16.5. The van der Waals surface area contributed by atoms with Gasteiger partial charge >= 0.3 is 5.97 Å². The van der Waals surface area contributed by atoms with Crippen LogP contribution < -0.4 is 0 Å². The second kappa shape index (κ2) is 5.33. The second-order valence-corrected chi connectivity index (χ2v) is 7.04. The number of aliphatic carboxylic acids is 1. The average molecular weight is 327 g/mol. The highest BCUT2D eigenvalue weighted by Gasteiger charge is 2.42. The first kappa shape index (κ1) is 15.2. The van der Waals surface area contributed by atoms with Crippen molar-refractivity contribution in [1.82, 2.24) is 9.78 Å². The van der Waals surface area contributed by atoms with Gasteiger partial charge in [-0.2, -0.15) is 5.10 Å². The van der Waals surface area contributed by atoms with E-state index in [0.29, 0.717) is 11.8 Å². The summed E-state index contributed by atoms with van der Waals surface area (Å²) < 4.78 is 2.15. The number of aromatic nitrogens is 2. The van der Waals surface area contributed by atoms with Crippen molar-refractivity contribution in [3.8, 4) is 0 Å². The van der Waals surface area contributed by atoms with Crippen molar-refractivity contribution in [2.75, 3.05) is 0 Å². The maximum atomic E-state index is 11.3. The van der Waals surface area contributed by atoms with Gasteiger partial charge in [0.05, 0.1) is 23.0 Å². The highest BCUT2D eigenvalue weighted by atomic mass is 16.7. The third-order valence-corrected chi connectivity index (χ3v) is 5.21. The van der Waals surface area contributed by atoms with E-state index >= 15 is 0 Å². The van der Waals surface area contributed by atoms with E-state index in [2.05, 4.69) is 22.0 Å². The van der Waals surface area contributed by atoms with Gasteiger partial charge in [-0.15, -0.1) is 0 Å². The first-order chi connectivity index (χ1) is 11.5. The molecule has 126 valence electrons. The molecule has 2 aliphatic rings. The Labute approximate surface area is 140 Å². The fourth-order valence-corrected chi connectivity index (χ4v) is 3.71. The van der Waals surface area contributed by atoms with Crippen LogP contribution >= 0.6 is 0 Å². The lowest BCUT2D eigenvalue weighted by molar-refractivity contribution is -0.160. The minimum Gasteiger partial charge on any atom is -0.478 e. The molecule has 0 saturated heterocycles. The summed E-state index contributed by atoms with van der Waals surface area (Å²) in [5.74, 6) is -0.992. The summed E-state index contributed by atoms with van der Waals surface area (Å²) in [5, 5.41) is 19.2. The van der Waals surface area contributed by atoms with Crippen LogP contribution in [0.1, 0.15) is 56.3 Å². The zero-order valence-electron chi connectivity index (χ0n) is 14.0. The molecule has 6 nitrogen and oxygen atoms in total. The lowest BCUT2D eigenvalue weighted by Gasteiger charge is -2.14. The van der Waals surface area contributed by atoms with Crippen molar-refractivity contribution in [2.45, 2.75) is 57.6 Å². The molecule has 1 atom stereocenters. The zero-order chi connectivity index (χ0) is 16.9. The van der Waals surface area contributed by atoms with E-state index in [1.807, 2.05) is 13.0 Å². The van der Waals surface area contributed by atoms with E-state index < -0.39 is 11.6 Å². The summed E-state index contributed by atoms with van der Waals surface area (Å²) >= 11 is 0. The molecule has 1 aromatic carbocycles. The van der Waals surface area contributed by atoms with Gasteiger partial charge in [0.2, 0.25) is 5.60 Å². The number of hydrogen-bond donors (Lipinski definition) is 1. The molecule has 4 rings (SSSR count). The van der Waals surface area contributed by atoms with Gasteiger partial charge in [0.25, 0.3) is 0 Å². The van der Waals surface area contributed by atoms with Crippen molar-refractivity contribution in [2.24, 2.45) is 5.16 Å². The molecule has 0 spiro atoms. The highest BCUT2D eigenvalue weighted by molar-refractivity contribution is 6.06. The molecule has 2 aromatic rings. The van der Waals surface area contributed by atoms with Crippen LogP contribution in [0, 0.1) is 6.92 Å². The third kappa shape index (κ3) is 2.28. The maximum absolute atomic E-state index is 11.3. The zero-order valence-corrected chi connectivity index (χ0v) is 14.0. The van der Waals surface area contributed by atoms with Crippen molar-refractivity contribution >= 4 is 22.6 Å². The summed E-state index contributed by atoms with van der Waals surface area (Å²) in [5.41, 5.74) is 2.45. The summed E-state index contributed by atoms with van der Waals surface area (Å²) in [6, 6.07) is 6.56. The van der Waals surface area contributed by atoms with Crippen LogP contribution in [0.25, 0.3) is 10.9 Å². The Morgan fingerprint density at radius 1 is 1.38 bits per heavy atom. The number of fused-ring (bicyclic) bond motifs is 1. The van der Waals surface area contributed by atoms with Crippen molar-refractivity contribution in [3.05, 3.63) is 29.5 Å². The normalized spacial score (nSPS) is 24.3. The Morgan fingerprint density at radius 2 is 2.12 bits per heavy atom. The smallest absolute Gasteiger partial charge is 0.351 e. The first-order valence-electron chi connectivity index (χ1n) is 8.46. The van der Waals surface area contributed by atoms with Crippen molar-refractivity contribution in [1.29, 1.82) is 0 Å². The summed E-state index contributed by atoms with van der Waals surface area (Å²) in [6.45, 7) is 3.59. The van der Waals surface area contributed by atoms with Crippen molar-refractivity contribution in [3.63, 3.8) is 0 Å². The van der Waals surface area contributed by atoms with E-state index in [9.17, 15) is 9.90 Å². The molecule has 1 aliphatic heterocycles. The molecule has 1 unspecified atom stereocenters. The number of hydrogen-bond acceptors (Lipinski definition) is 4. The van der Waals surface area contributed by atoms with Gasteiger partial charge in [0.15, 0.2) is 0 Å². The van der Waals surface area contributed by atoms with Crippen LogP contribution in [0.2, 0.25) is 0 Å². The predicted octanol–water partition coefficient (Wildman–Crippen LogP) is 3.43. The largest absolute Gasteiger partial charge is 0.478 e. The van der Waals surface area contributed by atoms with Gasteiger partial charge < -0.3 is 9.94 Å². The lowest BCUT2D eigenvalue weighted by Crippen LogP contribution is -2.35. The predicted molar refractivity (Wildman–Crippen MR) is 90.3 cm³/mol.